The third kappa shape index (κ3) is 6.00. The van der Waals surface area contributed by atoms with Crippen LogP contribution in [0.2, 0.25) is 0 Å². The number of carbonyl (C=O) groups excluding carboxylic acids is 1. The first-order valence-electron chi connectivity index (χ1n) is 10.2. The number of hydrogen-bond acceptors (Lipinski definition) is 6. The van der Waals surface area contributed by atoms with Crippen LogP contribution in [0.5, 0.6) is 11.5 Å². The molecule has 32 heavy (non-hydrogen) atoms. The molecule has 0 spiro atoms. The van der Waals surface area contributed by atoms with Gasteiger partial charge in [-0.2, -0.15) is 0 Å². The summed E-state index contributed by atoms with van der Waals surface area (Å²) in [4.78, 5) is 12.4. The van der Waals surface area contributed by atoms with Gasteiger partial charge < -0.3 is 14.8 Å². The van der Waals surface area contributed by atoms with Crippen molar-refractivity contribution in [3.8, 4) is 17.2 Å². The lowest BCUT2D eigenvalue weighted by atomic mass is 10.0. The van der Waals surface area contributed by atoms with E-state index in [-0.39, 0.29) is 23.8 Å². The predicted molar refractivity (Wildman–Crippen MR) is 122 cm³/mol. The summed E-state index contributed by atoms with van der Waals surface area (Å²) in [6.07, 6.45) is 0.807. The number of benzene rings is 2. The maximum atomic E-state index is 14.6. The van der Waals surface area contributed by atoms with Gasteiger partial charge in [0.15, 0.2) is 11.0 Å². The SMILES string of the molecule is CCC(C)(C)NC(=O)CSc1nnc(COc2ccc(OC)cc2)n1-c1ccccc1F. The van der Waals surface area contributed by atoms with Crippen molar-refractivity contribution in [1.82, 2.24) is 20.1 Å². The van der Waals surface area contributed by atoms with Crippen LogP contribution in [0, 0.1) is 5.82 Å². The zero-order valence-electron chi connectivity index (χ0n) is 18.6. The van der Waals surface area contributed by atoms with E-state index in [1.54, 1.807) is 54.1 Å². The minimum atomic E-state index is -0.420. The molecule has 0 saturated heterocycles. The van der Waals surface area contributed by atoms with Crippen LogP contribution in [-0.4, -0.2) is 39.1 Å². The van der Waals surface area contributed by atoms with E-state index in [0.717, 1.165) is 12.2 Å². The van der Waals surface area contributed by atoms with Gasteiger partial charge >= 0.3 is 0 Å². The van der Waals surface area contributed by atoms with Gasteiger partial charge in [-0.1, -0.05) is 30.8 Å². The van der Waals surface area contributed by atoms with Gasteiger partial charge in [-0.25, -0.2) is 4.39 Å². The summed E-state index contributed by atoms with van der Waals surface area (Å²) in [5.74, 6) is 1.34. The quantitative estimate of drug-likeness (QED) is 0.454. The highest BCUT2D eigenvalue weighted by molar-refractivity contribution is 7.99. The van der Waals surface area contributed by atoms with Gasteiger partial charge in [0, 0.05) is 5.54 Å². The van der Waals surface area contributed by atoms with Crippen molar-refractivity contribution in [1.29, 1.82) is 0 Å². The number of aromatic nitrogens is 3. The van der Waals surface area contributed by atoms with E-state index >= 15 is 0 Å². The van der Waals surface area contributed by atoms with Gasteiger partial charge in [0.25, 0.3) is 0 Å². The predicted octanol–water partition coefficient (Wildman–Crippen LogP) is 4.39. The third-order valence-corrected chi connectivity index (χ3v) is 5.84. The van der Waals surface area contributed by atoms with Crippen molar-refractivity contribution in [3.05, 3.63) is 60.2 Å². The molecule has 0 aliphatic heterocycles. The highest BCUT2D eigenvalue weighted by Gasteiger charge is 2.21. The number of carbonyl (C=O) groups is 1. The van der Waals surface area contributed by atoms with Gasteiger partial charge in [0.2, 0.25) is 5.91 Å². The van der Waals surface area contributed by atoms with Gasteiger partial charge in [-0.3, -0.25) is 9.36 Å². The highest BCUT2D eigenvalue weighted by atomic mass is 32.2. The van der Waals surface area contributed by atoms with E-state index in [0.29, 0.717) is 22.4 Å². The molecule has 0 saturated carbocycles. The molecule has 0 fully saturated rings. The van der Waals surface area contributed by atoms with Gasteiger partial charge in [0.1, 0.15) is 23.9 Å². The molecule has 0 bridgehead atoms. The first-order valence-corrected chi connectivity index (χ1v) is 11.2. The second-order valence-electron chi connectivity index (χ2n) is 7.72. The molecule has 9 heteroatoms. The van der Waals surface area contributed by atoms with Crippen LogP contribution in [0.1, 0.15) is 33.0 Å². The fourth-order valence-electron chi connectivity index (χ4n) is 2.81. The van der Waals surface area contributed by atoms with E-state index in [1.165, 1.54) is 17.8 Å². The first-order chi connectivity index (χ1) is 15.3. The average Bonchev–Trinajstić information content (AvgIpc) is 3.19. The highest BCUT2D eigenvalue weighted by Crippen LogP contribution is 2.25. The number of methoxy groups -OCH3 is 1. The van der Waals surface area contributed by atoms with Crippen LogP contribution in [0.15, 0.2) is 53.7 Å². The van der Waals surface area contributed by atoms with Crippen molar-refractivity contribution < 1.29 is 18.7 Å². The number of ether oxygens (including phenoxy) is 2. The summed E-state index contributed by atoms with van der Waals surface area (Å²) in [5.41, 5.74) is -0.00330. The Labute approximate surface area is 191 Å². The Morgan fingerprint density at radius 2 is 1.81 bits per heavy atom. The second kappa shape index (κ2) is 10.5. The molecule has 0 radical (unpaired) electrons. The number of hydrogen-bond donors (Lipinski definition) is 1. The second-order valence-corrected chi connectivity index (χ2v) is 8.67. The minimum absolute atomic E-state index is 0.0727. The number of halogens is 1. The Balaban J connectivity index is 1.80. The van der Waals surface area contributed by atoms with E-state index in [9.17, 15) is 9.18 Å². The van der Waals surface area contributed by atoms with Crippen molar-refractivity contribution in [3.63, 3.8) is 0 Å². The van der Waals surface area contributed by atoms with E-state index in [4.69, 9.17) is 9.47 Å². The molecule has 3 rings (SSSR count). The molecule has 1 N–H and O–H groups in total. The Hall–Kier alpha value is -3.07. The summed E-state index contributed by atoms with van der Waals surface area (Å²) >= 11 is 1.20. The molecule has 3 aromatic rings. The minimum Gasteiger partial charge on any atom is -0.497 e. The molecule has 1 heterocycles. The van der Waals surface area contributed by atoms with Crippen molar-refractivity contribution in [2.45, 2.75) is 44.5 Å². The van der Waals surface area contributed by atoms with Crippen LogP contribution >= 0.6 is 11.8 Å². The molecule has 0 atom stereocenters. The largest absolute Gasteiger partial charge is 0.497 e. The molecule has 7 nitrogen and oxygen atoms in total. The van der Waals surface area contributed by atoms with Crippen LogP contribution in [0.25, 0.3) is 5.69 Å². The molecular weight excluding hydrogens is 431 g/mol. The maximum Gasteiger partial charge on any atom is 0.230 e. The number of rotatable bonds is 10. The molecule has 1 amide bonds. The summed E-state index contributed by atoms with van der Waals surface area (Å²) in [6, 6.07) is 13.5. The van der Waals surface area contributed by atoms with Crippen LogP contribution in [-0.2, 0) is 11.4 Å². The van der Waals surface area contributed by atoms with Gasteiger partial charge in [-0.15, -0.1) is 10.2 Å². The monoisotopic (exact) mass is 458 g/mol. The lowest BCUT2D eigenvalue weighted by Gasteiger charge is -2.24. The number of para-hydroxylation sites is 1. The topological polar surface area (TPSA) is 78.3 Å². The standard InChI is InChI=1S/C23H27FN4O3S/c1-5-23(2,3)25-21(29)15-32-22-27-26-20(28(22)19-9-7-6-8-18(19)24)14-31-17-12-10-16(30-4)11-13-17/h6-13H,5,14-15H2,1-4H3,(H,25,29). The first kappa shape index (κ1) is 23.6. The van der Waals surface area contributed by atoms with Gasteiger partial charge in [0.05, 0.1) is 18.6 Å². The fraction of sp³-hybridized carbons (Fsp3) is 0.348. The molecule has 0 unspecified atom stereocenters. The molecule has 170 valence electrons. The van der Waals surface area contributed by atoms with Crippen molar-refractivity contribution in [2.24, 2.45) is 0 Å². The number of nitrogens with zero attached hydrogens (tertiary/aromatic N) is 3. The Kier molecular flexibility index (Phi) is 7.74. The Bertz CT molecular complexity index is 1050. The van der Waals surface area contributed by atoms with E-state index < -0.39 is 5.82 Å². The molecule has 0 aliphatic carbocycles. The average molecular weight is 459 g/mol. The maximum absolute atomic E-state index is 14.6. The van der Waals surface area contributed by atoms with E-state index in [2.05, 4.69) is 15.5 Å². The smallest absolute Gasteiger partial charge is 0.230 e. The summed E-state index contributed by atoms with van der Waals surface area (Å²) in [5, 5.41) is 11.8. The normalized spacial score (nSPS) is 11.3. The van der Waals surface area contributed by atoms with Crippen molar-refractivity contribution >= 4 is 17.7 Å². The lowest BCUT2D eigenvalue weighted by molar-refractivity contribution is -0.120. The molecular formula is C23H27FN4O3S. The van der Waals surface area contributed by atoms with E-state index in [1.807, 2.05) is 20.8 Å². The van der Waals surface area contributed by atoms with Gasteiger partial charge in [-0.05, 0) is 56.7 Å². The fourth-order valence-corrected chi connectivity index (χ4v) is 3.58. The Morgan fingerprint density at radius 3 is 2.47 bits per heavy atom. The lowest BCUT2D eigenvalue weighted by Crippen LogP contribution is -2.43. The van der Waals surface area contributed by atoms with Crippen LogP contribution < -0.4 is 14.8 Å². The van der Waals surface area contributed by atoms with Crippen LogP contribution in [0.3, 0.4) is 0 Å². The Morgan fingerprint density at radius 1 is 1.12 bits per heavy atom. The van der Waals surface area contributed by atoms with Crippen molar-refractivity contribution in [2.75, 3.05) is 12.9 Å². The number of nitrogens with one attached hydrogen (secondary N) is 1. The third-order valence-electron chi connectivity index (χ3n) is 4.92. The summed E-state index contributed by atoms with van der Waals surface area (Å²) in [7, 11) is 1.59. The number of amides is 1. The zero-order chi connectivity index (χ0) is 23.1. The van der Waals surface area contributed by atoms with Crippen LogP contribution in [0.4, 0.5) is 4.39 Å². The number of thioether (sulfide) groups is 1. The molecule has 2 aromatic carbocycles. The summed E-state index contributed by atoms with van der Waals surface area (Å²) < 4.78 is 27.2. The molecule has 0 aliphatic rings. The summed E-state index contributed by atoms with van der Waals surface area (Å²) in [6.45, 7) is 6.01. The zero-order valence-corrected chi connectivity index (χ0v) is 19.4. The molecule has 1 aromatic heterocycles.